The number of allylic oxidation sites excluding steroid dienone is 2. The van der Waals surface area contributed by atoms with E-state index in [9.17, 15) is 4.79 Å². The van der Waals surface area contributed by atoms with E-state index in [1.165, 1.54) is 23.6 Å². The third-order valence-corrected chi connectivity index (χ3v) is 5.86. The Balaban J connectivity index is 1.98. The summed E-state index contributed by atoms with van der Waals surface area (Å²) < 4.78 is 5.53. The number of nitrogens with two attached hydrogens (primary N) is 1. The molecular formula is C26H32N4O2. The molecule has 2 aromatic rings. The van der Waals surface area contributed by atoms with Crippen LogP contribution in [-0.4, -0.2) is 49.4 Å². The fourth-order valence-electron chi connectivity index (χ4n) is 4.24. The molecule has 0 saturated carbocycles. The number of nitrogens with one attached hydrogen (secondary N) is 1. The van der Waals surface area contributed by atoms with Gasteiger partial charge in [0.15, 0.2) is 0 Å². The molecule has 0 fully saturated rings. The van der Waals surface area contributed by atoms with Gasteiger partial charge in [0.2, 0.25) is 0 Å². The third kappa shape index (κ3) is 5.45. The first-order valence-corrected chi connectivity index (χ1v) is 10.7. The summed E-state index contributed by atoms with van der Waals surface area (Å²) in [7, 11) is 4.14. The Morgan fingerprint density at radius 2 is 1.91 bits per heavy atom. The number of ether oxygens (including phenoxy) is 1. The summed E-state index contributed by atoms with van der Waals surface area (Å²) in [6.45, 7) is 3.80. The van der Waals surface area contributed by atoms with Crippen LogP contribution in [0.1, 0.15) is 31.4 Å². The predicted molar refractivity (Wildman–Crippen MR) is 131 cm³/mol. The topological polar surface area (TPSA) is 79.9 Å². The predicted octanol–water partition coefficient (Wildman–Crippen LogP) is 4.06. The molecule has 0 radical (unpaired) electrons. The maximum Gasteiger partial charge on any atom is 0.302 e. The molecule has 0 aromatic heterocycles. The second kappa shape index (κ2) is 10.3. The van der Waals surface area contributed by atoms with Crippen molar-refractivity contribution in [2.24, 2.45) is 10.9 Å². The third-order valence-electron chi connectivity index (χ3n) is 5.86. The molecular weight excluding hydrogens is 400 g/mol. The van der Waals surface area contributed by atoms with Crippen LogP contribution in [0.25, 0.3) is 5.57 Å². The standard InChI is InChI=1S/C26H32N4O2/c1-19-14-23(22-8-6-5-7-9-22)16-26(15-19,30(3)4)25(18-32-20(2)31)29-24-12-10-21(11-13-24)17-28-27/h5-15,17,25,29H,16,18,27H2,1-4H3. The number of hydrogen-bond donors (Lipinski definition) is 2. The van der Waals surface area contributed by atoms with Crippen LogP contribution >= 0.6 is 0 Å². The van der Waals surface area contributed by atoms with Crippen molar-refractivity contribution >= 4 is 23.4 Å². The smallest absolute Gasteiger partial charge is 0.302 e. The van der Waals surface area contributed by atoms with Crippen LogP contribution in [0.4, 0.5) is 5.69 Å². The molecule has 2 atom stereocenters. The van der Waals surface area contributed by atoms with E-state index in [1.807, 2.05) is 30.3 Å². The molecule has 32 heavy (non-hydrogen) atoms. The number of anilines is 1. The average Bonchev–Trinajstić information content (AvgIpc) is 2.77. The van der Waals surface area contributed by atoms with E-state index in [2.05, 4.69) is 72.8 Å². The van der Waals surface area contributed by atoms with E-state index in [-0.39, 0.29) is 18.6 Å². The summed E-state index contributed by atoms with van der Waals surface area (Å²) in [6.07, 6.45) is 6.89. The summed E-state index contributed by atoms with van der Waals surface area (Å²) in [5, 5.41) is 7.20. The van der Waals surface area contributed by atoms with Crippen LogP contribution in [0, 0.1) is 0 Å². The molecule has 0 heterocycles. The first-order valence-electron chi connectivity index (χ1n) is 10.7. The minimum Gasteiger partial charge on any atom is -0.464 e. The van der Waals surface area contributed by atoms with E-state index >= 15 is 0 Å². The molecule has 0 spiro atoms. The van der Waals surface area contributed by atoms with E-state index in [4.69, 9.17) is 10.6 Å². The minimum absolute atomic E-state index is 0.183. The zero-order chi connectivity index (χ0) is 23.1. The van der Waals surface area contributed by atoms with Crippen LogP contribution in [0.3, 0.4) is 0 Å². The maximum absolute atomic E-state index is 11.7. The van der Waals surface area contributed by atoms with E-state index in [0.717, 1.165) is 17.7 Å². The van der Waals surface area contributed by atoms with Crippen LogP contribution < -0.4 is 11.2 Å². The van der Waals surface area contributed by atoms with Crippen molar-refractivity contribution in [3.8, 4) is 0 Å². The van der Waals surface area contributed by atoms with Gasteiger partial charge in [0.1, 0.15) is 6.61 Å². The van der Waals surface area contributed by atoms with Crippen molar-refractivity contribution in [1.82, 2.24) is 4.90 Å². The Morgan fingerprint density at radius 1 is 1.22 bits per heavy atom. The lowest BCUT2D eigenvalue weighted by atomic mass is 9.75. The molecule has 0 saturated heterocycles. The molecule has 0 amide bonds. The Labute approximate surface area is 190 Å². The second-order valence-electron chi connectivity index (χ2n) is 8.39. The largest absolute Gasteiger partial charge is 0.464 e. The lowest BCUT2D eigenvalue weighted by molar-refractivity contribution is -0.141. The highest BCUT2D eigenvalue weighted by Crippen LogP contribution is 2.39. The number of carbonyl (C=O) groups excluding carboxylic acids is 1. The molecule has 3 rings (SSSR count). The Morgan fingerprint density at radius 3 is 2.50 bits per heavy atom. The number of hydrogen-bond acceptors (Lipinski definition) is 6. The zero-order valence-electron chi connectivity index (χ0n) is 19.2. The summed E-state index contributed by atoms with van der Waals surface area (Å²) in [5.74, 6) is 4.96. The van der Waals surface area contributed by atoms with Crippen LogP contribution in [0.5, 0.6) is 0 Å². The first kappa shape index (κ1) is 23.3. The summed E-state index contributed by atoms with van der Waals surface area (Å²) in [6, 6.07) is 18.1. The number of nitrogens with zero attached hydrogens (tertiary/aromatic N) is 2. The summed E-state index contributed by atoms with van der Waals surface area (Å²) in [4.78, 5) is 13.9. The van der Waals surface area contributed by atoms with Gasteiger partial charge in [0.05, 0.1) is 17.8 Å². The van der Waals surface area contributed by atoms with Crippen LogP contribution in [-0.2, 0) is 9.53 Å². The molecule has 1 aliphatic carbocycles. The Hall–Kier alpha value is -3.38. The molecule has 2 aromatic carbocycles. The number of benzene rings is 2. The van der Waals surface area contributed by atoms with Crippen molar-refractivity contribution in [3.63, 3.8) is 0 Å². The molecule has 0 bridgehead atoms. The van der Waals surface area contributed by atoms with Crippen molar-refractivity contribution in [1.29, 1.82) is 0 Å². The van der Waals surface area contributed by atoms with Crippen molar-refractivity contribution < 1.29 is 9.53 Å². The van der Waals surface area contributed by atoms with Gasteiger partial charge < -0.3 is 15.9 Å². The number of carbonyl (C=O) groups is 1. The number of likely N-dealkylation sites (N-methyl/N-ethyl adjacent to an activating group) is 1. The average molecular weight is 433 g/mol. The number of rotatable bonds is 8. The highest BCUT2D eigenvalue weighted by Gasteiger charge is 2.42. The van der Waals surface area contributed by atoms with Crippen molar-refractivity contribution in [3.05, 3.63) is 83.4 Å². The minimum atomic E-state index is -0.406. The molecule has 6 heteroatoms. The van der Waals surface area contributed by atoms with E-state index in [1.54, 1.807) is 6.21 Å². The van der Waals surface area contributed by atoms with Gasteiger partial charge in [-0.05, 0) is 56.3 Å². The SMILES string of the molecule is CC(=O)OCC(Nc1ccc(C=NN)cc1)C1(N(C)C)C=C(C)C=C(c2ccccc2)C1. The Kier molecular flexibility index (Phi) is 7.49. The van der Waals surface area contributed by atoms with Gasteiger partial charge in [-0.15, -0.1) is 0 Å². The maximum atomic E-state index is 11.7. The normalized spacial score (nSPS) is 19.4. The van der Waals surface area contributed by atoms with Crippen molar-refractivity contribution in [2.75, 3.05) is 26.0 Å². The summed E-state index contributed by atoms with van der Waals surface area (Å²) >= 11 is 0. The quantitative estimate of drug-likeness (QED) is 0.285. The van der Waals surface area contributed by atoms with E-state index in [0.29, 0.717) is 0 Å². The highest BCUT2D eigenvalue weighted by atomic mass is 16.5. The highest BCUT2D eigenvalue weighted by molar-refractivity contribution is 5.80. The van der Waals surface area contributed by atoms with Gasteiger partial charge in [-0.2, -0.15) is 5.10 Å². The first-order chi connectivity index (χ1) is 15.3. The van der Waals surface area contributed by atoms with Crippen LogP contribution in [0.2, 0.25) is 0 Å². The molecule has 0 aliphatic heterocycles. The lowest BCUT2D eigenvalue weighted by Gasteiger charge is -2.46. The van der Waals surface area contributed by atoms with Crippen molar-refractivity contribution in [2.45, 2.75) is 31.8 Å². The molecule has 1 aliphatic rings. The Bertz CT molecular complexity index is 1010. The van der Waals surface area contributed by atoms with E-state index < -0.39 is 5.54 Å². The zero-order valence-corrected chi connectivity index (χ0v) is 19.2. The van der Waals surface area contributed by atoms with Gasteiger partial charge in [0, 0.05) is 12.6 Å². The number of hydrazone groups is 1. The summed E-state index contributed by atoms with van der Waals surface area (Å²) in [5.41, 5.74) is 5.06. The van der Waals surface area contributed by atoms with Gasteiger partial charge >= 0.3 is 5.97 Å². The fraction of sp³-hybridized carbons (Fsp3) is 0.308. The van der Waals surface area contributed by atoms with Gasteiger partial charge in [-0.3, -0.25) is 9.69 Å². The van der Waals surface area contributed by atoms with Crippen LogP contribution in [0.15, 0.2) is 77.4 Å². The van der Waals surface area contributed by atoms with Gasteiger partial charge in [-0.25, -0.2) is 0 Å². The molecule has 6 nitrogen and oxygen atoms in total. The second-order valence-corrected chi connectivity index (χ2v) is 8.39. The lowest BCUT2D eigenvalue weighted by Crippen LogP contribution is -2.58. The van der Waals surface area contributed by atoms with Gasteiger partial charge in [0.25, 0.3) is 0 Å². The molecule has 2 unspecified atom stereocenters. The number of esters is 1. The van der Waals surface area contributed by atoms with Gasteiger partial charge in [-0.1, -0.05) is 60.2 Å². The molecule has 3 N–H and O–H groups in total. The fourth-order valence-corrected chi connectivity index (χ4v) is 4.24. The monoisotopic (exact) mass is 432 g/mol. The molecule has 168 valence electrons.